The van der Waals surface area contributed by atoms with E-state index >= 15 is 0 Å². The van der Waals surface area contributed by atoms with Crippen molar-refractivity contribution in [2.45, 2.75) is 25.6 Å². The molecule has 0 unspecified atom stereocenters. The molecule has 0 spiro atoms. The van der Waals surface area contributed by atoms with E-state index in [1.807, 2.05) is 0 Å². The maximum absolute atomic E-state index is 13.4. The second-order valence-electron chi connectivity index (χ2n) is 9.01. The summed E-state index contributed by atoms with van der Waals surface area (Å²) in [6.45, 7) is 0.231. The third-order valence-electron chi connectivity index (χ3n) is 6.26. The first-order valence-electron chi connectivity index (χ1n) is 12.4. The van der Waals surface area contributed by atoms with Crippen molar-refractivity contribution in [1.82, 2.24) is 24.5 Å². The van der Waals surface area contributed by atoms with Crippen molar-refractivity contribution in [2.24, 2.45) is 0 Å². The fourth-order valence-electron chi connectivity index (χ4n) is 4.33. The number of hydrogen-bond donors (Lipinski definition) is 1. The van der Waals surface area contributed by atoms with Gasteiger partial charge in [0.15, 0.2) is 0 Å². The number of rotatable bonds is 9. The number of alkyl halides is 3. The Balaban J connectivity index is 1.27. The summed E-state index contributed by atoms with van der Waals surface area (Å²) >= 11 is 0. The number of nitrogens with zero attached hydrogens (tertiary/aromatic N) is 4. The Bertz CT molecular complexity index is 1730. The number of aromatic nitrogens is 4. The number of hydrogen-bond acceptors (Lipinski definition) is 5. The maximum atomic E-state index is 13.4. The highest BCUT2D eigenvalue weighted by atomic mass is 19.4. The van der Waals surface area contributed by atoms with Crippen molar-refractivity contribution in [3.05, 3.63) is 106 Å². The van der Waals surface area contributed by atoms with Crippen molar-refractivity contribution >= 4 is 22.6 Å². The molecule has 8 nitrogen and oxygen atoms in total. The van der Waals surface area contributed by atoms with E-state index in [-0.39, 0.29) is 61.3 Å². The molecule has 0 saturated heterocycles. The van der Waals surface area contributed by atoms with Crippen molar-refractivity contribution in [1.29, 1.82) is 0 Å². The van der Waals surface area contributed by atoms with E-state index in [4.69, 9.17) is 4.74 Å². The summed E-state index contributed by atoms with van der Waals surface area (Å²) in [5.74, 6) is 0.114. The van der Waals surface area contributed by atoms with Gasteiger partial charge in [-0.25, -0.2) is 4.39 Å². The molecule has 0 radical (unpaired) electrons. The Morgan fingerprint density at radius 3 is 2.52 bits per heavy atom. The lowest BCUT2D eigenvalue weighted by Crippen LogP contribution is -2.28. The van der Waals surface area contributed by atoms with Gasteiger partial charge in [-0.3, -0.25) is 18.6 Å². The van der Waals surface area contributed by atoms with Gasteiger partial charge in [0.2, 0.25) is 11.7 Å². The van der Waals surface area contributed by atoms with E-state index in [0.717, 1.165) is 12.1 Å². The highest BCUT2D eigenvalue weighted by molar-refractivity contribution is 5.80. The van der Waals surface area contributed by atoms with E-state index < -0.39 is 11.7 Å². The first kappa shape index (κ1) is 26.9. The molecule has 2 aromatic heterocycles. The molecule has 1 amide bonds. The lowest BCUT2D eigenvalue weighted by atomic mass is 10.2. The minimum absolute atomic E-state index is 0.0127. The summed E-state index contributed by atoms with van der Waals surface area (Å²) in [7, 11) is 0. The van der Waals surface area contributed by atoms with Crippen LogP contribution in [0.2, 0.25) is 0 Å². The third-order valence-corrected chi connectivity index (χ3v) is 6.26. The molecule has 206 valence electrons. The Morgan fingerprint density at radius 2 is 1.75 bits per heavy atom. The van der Waals surface area contributed by atoms with E-state index in [9.17, 15) is 27.2 Å². The van der Waals surface area contributed by atoms with Crippen LogP contribution in [-0.2, 0) is 23.9 Å². The van der Waals surface area contributed by atoms with Crippen LogP contribution < -0.4 is 15.6 Å². The van der Waals surface area contributed by atoms with E-state index in [1.54, 1.807) is 40.8 Å². The van der Waals surface area contributed by atoms with Gasteiger partial charge in [-0.05, 0) is 48.0 Å². The van der Waals surface area contributed by atoms with Crippen molar-refractivity contribution in [2.75, 3.05) is 13.2 Å². The molecule has 2 heterocycles. The molecule has 1 N–H and O–H groups in total. The van der Waals surface area contributed by atoms with Crippen molar-refractivity contribution in [3.63, 3.8) is 0 Å². The smallest absolute Gasteiger partial charge is 0.416 e. The number of carbonyl (C=O) groups is 1. The first-order valence-corrected chi connectivity index (χ1v) is 12.4. The number of amides is 1. The second kappa shape index (κ2) is 11.2. The van der Waals surface area contributed by atoms with Gasteiger partial charge in [-0.2, -0.15) is 13.2 Å². The average Bonchev–Trinajstić information content (AvgIpc) is 3.37. The van der Waals surface area contributed by atoms with Crippen molar-refractivity contribution < 1.29 is 27.1 Å². The molecule has 40 heavy (non-hydrogen) atoms. The quantitative estimate of drug-likeness (QED) is 0.216. The highest BCUT2D eigenvalue weighted by Crippen LogP contribution is 2.31. The van der Waals surface area contributed by atoms with Gasteiger partial charge in [-0.15, -0.1) is 10.2 Å². The Labute approximate surface area is 224 Å². The molecule has 0 fully saturated rings. The third kappa shape index (κ3) is 5.80. The number of para-hydroxylation sites is 1. The molecule has 0 aliphatic rings. The van der Waals surface area contributed by atoms with Crippen LogP contribution in [0.4, 0.5) is 17.6 Å². The number of fused-ring (bicyclic) bond motifs is 3. The Kier molecular flexibility index (Phi) is 7.50. The van der Waals surface area contributed by atoms with E-state index in [1.165, 1.54) is 28.8 Å². The second-order valence-corrected chi connectivity index (χ2v) is 9.01. The van der Waals surface area contributed by atoms with E-state index in [2.05, 4.69) is 15.5 Å². The van der Waals surface area contributed by atoms with Gasteiger partial charge in [0.25, 0.3) is 5.56 Å². The average molecular weight is 554 g/mol. The summed E-state index contributed by atoms with van der Waals surface area (Å²) in [6.07, 6.45) is -4.21. The largest absolute Gasteiger partial charge is 0.492 e. The van der Waals surface area contributed by atoms with Crippen LogP contribution in [0.3, 0.4) is 0 Å². The highest BCUT2D eigenvalue weighted by Gasteiger charge is 2.30. The van der Waals surface area contributed by atoms with Crippen LogP contribution in [0.25, 0.3) is 16.7 Å². The summed E-state index contributed by atoms with van der Waals surface area (Å²) in [5, 5.41) is 11.6. The number of aryl methyl sites for hydroxylation is 1. The van der Waals surface area contributed by atoms with Gasteiger partial charge in [0.05, 0.1) is 29.6 Å². The maximum Gasteiger partial charge on any atom is 0.416 e. The molecule has 5 rings (SSSR count). The van der Waals surface area contributed by atoms with Gasteiger partial charge in [-0.1, -0.05) is 30.3 Å². The molecule has 0 aliphatic carbocycles. The van der Waals surface area contributed by atoms with Crippen LogP contribution in [-0.4, -0.2) is 38.2 Å². The Hall–Kier alpha value is -4.74. The number of halogens is 4. The normalized spacial score (nSPS) is 11.7. The fraction of sp³-hybridized carbons (Fsp3) is 0.214. The lowest BCUT2D eigenvalue weighted by Gasteiger charge is -2.12. The van der Waals surface area contributed by atoms with Crippen LogP contribution in [0.15, 0.2) is 77.6 Å². The monoisotopic (exact) mass is 553 g/mol. The minimum atomic E-state index is -4.47. The number of ether oxygens (including phenoxy) is 1. The standard InChI is InChI=1S/C28H23F4N5O3/c29-20-10-8-18(9-11-20)17-36-26(39)22-6-1-2-7-23(22)37-24(34-35-27(36)37)12-13-25(38)33-14-15-40-21-5-3-4-19(16-21)28(30,31)32/h1-11,16H,12-15,17H2,(H,33,38). The van der Waals surface area contributed by atoms with Crippen LogP contribution in [0.5, 0.6) is 5.75 Å². The number of carbonyl (C=O) groups excluding carboxylic acids is 1. The number of benzene rings is 3. The van der Waals surface area contributed by atoms with Gasteiger partial charge < -0.3 is 10.1 Å². The minimum Gasteiger partial charge on any atom is -0.492 e. The lowest BCUT2D eigenvalue weighted by molar-refractivity contribution is -0.137. The first-order chi connectivity index (χ1) is 19.2. The molecular weight excluding hydrogens is 530 g/mol. The zero-order valence-electron chi connectivity index (χ0n) is 21.0. The SMILES string of the molecule is O=C(CCc1nnc2n(Cc3ccc(F)cc3)c(=O)c3ccccc3n12)NCCOc1cccc(C(F)(F)F)c1. The summed E-state index contributed by atoms with van der Waals surface area (Å²) in [4.78, 5) is 25.7. The van der Waals surface area contributed by atoms with E-state index in [0.29, 0.717) is 22.3 Å². The predicted octanol–water partition coefficient (Wildman–Crippen LogP) is 4.38. The molecule has 0 aliphatic heterocycles. The van der Waals surface area contributed by atoms with Gasteiger partial charge >= 0.3 is 6.18 Å². The van der Waals surface area contributed by atoms with Crippen LogP contribution >= 0.6 is 0 Å². The summed E-state index contributed by atoms with van der Waals surface area (Å²) in [5.41, 5.74) is 0.208. The molecule has 0 saturated carbocycles. The molecular formula is C28H23F4N5O3. The molecule has 3 aromatic carbocycles. The zero-order valence-corrected chi connectivity index (χ0v) is 21.0. The van der Waals surface area contributed by atoms with Gasteiger partial charge in [0.1, 0.15) is 24.0 Å². The topological polar surface area (TPSA) is 90.5 Å². The van der Waals surface area contributed by atoms with Gasteiger partial charge in [0, 0.05) is 12.8 Å². The molecule has 12 heteroatoms. The van der Waals surface area contributed by atoms with Crippen LogP contribution in [0.1, 0.15) is 23.4 Å². The fourth-order valence-corrected chi connectivity index (χ4v) is 4.33. The molecule has 5 aromatic rings. The summed E-state index contributed by atoms with van der Waals surface area (Å²) < 4.78 is 60.4. The van der Waals surface area contributed by atoms with Crippen molar-refractivity contribution in [3.8, 4) is 5.75 Å². The van der Waals surface area contributed by atoms with Crippen LogP contribution in [0, 0.1) is 5.82 Å². The molecule has 0 atom stereocenters. The summed E-state index contributed by atoms with van der Waals surface area (Å²) in [6, 6.07) is 17.3. The number of nitrogens with one attached hydrogen (secondary N) is 1. The Morgan fingerprint density at radius 1 is 0.975 bits per heavy atom. The molecule has 0 bridgehead atoms. The predicted molar refractivity (Wildman–Crippen MR) is 139 cm³/mol. The zero-order chi connectivity index (χ0) is 28.3.